The van der Waals surface area contributed by atoms with Crippen LogP contribution >= 0.6 is 7.67 Å². The molecule has 0 fully saturated rings. The van der Waals surface area contributed by atoms with Gasteiger partial charge in [0.2, 0.25) is 11.7 Å². The molecule has 0 aliphatic rings. The van der Waals surface area contributed by atoms with Gasteiger partial charge in [-0.05, 0) is 59.6 Å². The molecule has 3 rings (SSSR count). The number of amides is 1. The molecule has 1 aromatic carbocycles. The highest BCUT2D eigenvalue weighted by Crippen LogP contribution is 2.54. The highest BCUT2D eigenvalue weighted by Gasteiger charge is 2.35. The molecule has 3 aromatic rings. The van der Waals surface area contributed by atoms with Crippen molar-refractivity contribution >= 4 is 13.6 Å². The average Bonchev–Trinajstić information content (AvgIpc) is 3.50. The van der Waals surface area contributed by atoms with Crippen LogP contribution in [0.3, 0.4) is 0 Å². The smallest absolute Gasteiger partial charge is 0.394 e. The van der Waals surface area contributed by atoms with Crippen molar-refractivity contribution in [2.75, 3.05) is 48.1 Å². The first-order valence-corrected chi connectivity index (χ1v) is 14.1. The molecule has 0 saturated carbocycles. The SMILES string of the molecule is CCNC(=O)c1noc(-c2cc(C(C)C)c(OCOCC)cc2OP(=O)(N(C)C)N(C)C)c1-c1noc(C)n1. The maximum Gasteiger partial charge on any atom is 0.394 e. The average molecular weight is 565 g/mol. The minimum Gasteiger partial charge on any atom is -0.467 e. The molecule has 0 aliphatic heterocycles. The summed E-state index contributed by atoms with van der Waals surface area (Å²) in [5, 5.41) is 10.8. The molecule has 0 saturated heterocycles. The molecule has 0 bridgehead atoms. The van der Waals surface area contributed by atoms with Gasteiger partial charge in [-0.1, -0.05) is 24.2 Å². The third-order valence-electron chi connectivity index (χ3n) is 5.70. The number of nitrogens with zero attached hydrogens (tertiary/aromatic N) is 5. The first-order chi connectivity index (χ1) is 18.4. The molecule has 0 unspecified atom stereocenters. The predicted octanol–water partition coefficient (Wildman–Crippen LogP) is 4.56. The summed E-state index contributed by atoms with van der Waals surface area (Å²) in [5.41, 5.74) is 1.37. The molecule has 214 valence electrons. The zero-order chi connectivity index (χ0) is 28.9. The fourth-order valence-corrected chi connectivity index (χ4v) is 5.18. The van der Waals surface area contributed by atoms with Crippen LogP contribution in [0.2, 0.25) is 0 Å². The van der Waals surface area contributed by atoms with Crippen molar-refractivity contribution in [3.05, 3.63) is 29.3 Å². The molecule has 14 heteroatoms. The van der Waals surface area contributed by atoms with Gasteiger partial charge in [-0.15, -0.1) is 0 Å². The van der Waals surface area contributed by atoms with Crippen LogP contribution in [-0.4, -0.2) is 78.7 Å². The van der Waals surface area contributed by atoms with Gasteiger partial charge in [0.1, 0.15) is 17.1 Å². The molecule has 0 aliphatic carbocycles. The van der Waals surface area contributed by atoms with Crippen molar-refractivity contribution in [3.8, 4) is 34.2 Å². The van der Waals surface area contributed by atoms with Gasteiger partial charge >= 0.3 is 7.67 Å². The minimum absolute atomic E-state index is 0.00517. The summed E-state index contributed by atoms with van der Waals surface area (Å²) >= 11 is 0. The van der Waals surface area contributed by atoms with Gasteiger partial charge in [-0.2, -0.15) is 4.98 Å². The topological polar surface area (TPSA) is 145 Å². The van der Waals surface area contributed by atoms with Crippen LogP contribution in [0.15, 0.2) is 21.2 Å². The van der Waals surface area contributed by atoms with Crippen molar-refractivity contribution in [1.82, 2.24) is 30.0 Å². The van der Waals surface area contributed by atoms with Crippen molar-refractivity contribution in [1.29, 1.82) is 0 Å². The standard InChI is InChI=1S/C25H37N6O7P/c1-10-26-25(32)22-21(24-27-16(5)36-29-24)23(37-28-22)18-12-17(15(3)4)19(35-14-34-11-2)13-20(18)38-39(33,30(6)7)31(8)9/h12-13,15H,10-11,14H2,1-9H3,(H,26,32). The van der Waals surface area contributed by atoms with Gasteiger partial charge in [0, 0.05) is 26.1 Å². The van der Waals surface area contributed by atoms with Crippen LogP contribution in [0.4, 0.5) is 0 Å². The highest BCUT2D eigenvalue weighted by atomic mass is 31.2. The maximum absolute atomic E-state index is 13.9. The number of nitrogens with one attached hydrogen (secondary N) is 1. The molecule has 39 heavy (non-hydrogen) atoms. The van der Waals surface area contributed by atoms with E-state index in [1.807, 2.05) is 20.8 Å². The van der Waals surface area contributed by atoms with Gasteiger partial charge in [-0.3, -0.25) is 4.79 Å². The molecule has 0 atom stereocenters. The third kappa shape index (κ3) is 6.50. The lowest BCUT2D eigenvalue weighted by Crippen LogP contribution is -2.24. The molecule has 2 heterocycles. The van der Waals surface area contributed by atoms with E-state index >= 15 is 0 Å². The zero-order valence-electron chi connectivity index (χ0n) is 23.9. The highest BCUT2D eigenvalue weighted by molar-refractivity contribution is 7.54. The molecule has 0 radical (unpaired) electrons. The second kappa shape index (κ2) is 12.7. The summed E-state index contributed by atoms with van der Waals surface area (Å²) in [6.45, 7) is 10.2. The Kier molecular flexibility index (Phi) is 9.89. The minimum atomic E-state index is -3.54. The Hall–Kier alpha value is -3.25. The third-order valence-corrected chi connectivity index (χ3v) is 8.16. The fraction of sp³-hybridized carbons (Fsp3) is 0.520. The second-order valence-corrected chi connectivity index (χ2v) is 12.1. The Labute approximate surface area is 228 Å². The summed E-state index contributed by atoms with van der Waals surface area (Å²) in [5.74, 6) is 0.753. The number of ether oxygens (including phenoxy) is 2. The number of carbonyl (C=O) groups excluding carboxylic acids is 1. The number of carbonyl (C=O) groups is 1. The van der Waals surface area contributed by atoms with Crippen LogP contribution in [-0.2, 0) is 9.30 Å². The molecular formula is C25H37N6O7P. The van der Waals surface area contributed by atoms with Crippen molar-refractivity contribution in [2.24, 2.45) is 0 Å². The van der Waals surface area contributed by atoms with Gasteiger partial charge in [0.15, 0.2) is 18.2 Å². The fourth-order valence-electron chi connectivity index (χ4n) is 3.73. The molecule has 0 spiro atoms. The summed E-state index contributed by atoms with van der Waals surface area (Å²) in [4.78, 5) is 17.2. The summed E-state index contributed by atoms with van der Waals surface area (Å²) in [6.07, 6.45) is 0. The lowest BCUT2D eigenvalue weighted by atomic mass is 9.96. The number of aryl methyl sites for hydroxylation is 1. The Morgan fingerprint density at radius 1 is 1.08 bits per heavy atom. The van der Waals surface area contributed by atoms with Gasteiger partial charge < -0.3 is 28.4 Å². The van der Waals surface area contributed by atoms with Gasteiger partial charge in [0.25, 0.3) is 5.91 Å². The molecular weight excluding hydrogens is 527 g/mol. The Bertz CT molecular complexity index is 1320. The number of aromatic nitrogens is 3. The maximum atomic E-state index is 13.9. The van der Waals surface area contributed by atoms with E-state index in [4.69, 9.17) is 23.0 Å². The Balaban J connectivity index is 2.34. The van der Waals surface area contributed by atoms with Gasteiger partial charge in [-0.25, -0.2) is 13.9 Å². The van der Waals surface area contributed by atoms with E-state index in [0.717, 1.165) is 5.56 Å². The lowest BCUT2D eigenvalue weighted by Gasteiger charge is -2.30. The van der Waals surface area contributed by atoms with E-state index in [9.17, 15) is 9.36 Å². The van der Waals surface area contributed by atoms with E-state index in [1.54, 1.807) is 54.2 Å². The zero-order valence-corrected chi connectivity index (χ0v) is 24.8. The quantitative estimate of drug-likeness (QED) is 0.176. The van der Waals surface area contributed by atoms with Crippen LogP contribution < -0.4 is 14.6 Å². The van der Waals surface area contributed by atoms with Crippen molar-refractivity contribution in [2.45, 2.75) is 40.5 Å². The first kappa shape index (κ1) is 30.3. The number of hydrogen-bond acceptors (Lipinski definition) is 10. The van der Waals surface area contributed by atoms with Gasteiger partial charge in [0.05, 0.1) is 5.56 Å². The van der Waals surface area contributed by atoms with E-state index < -0.39 is 13.6 Å². The molecule has 13 nitrogen and oxygen atoms in total. The van der Waals surface area contributed by atoms with Crippen LogP contribution in [0.1, 0.15) is 55.6 Å². The number of rotatable bonds is 13. The second-order valence-electron chi connectivity index (χ2n) is 9.30. The molecule has 1 N–H and O–H groups in total. The van der Waals surface area contributed by atoms with Crippen molar-refractivity contribution in [3.63, 3.8) is 0 Å². The van der Waals surface area contributed by atoms with E-state index in [0.29, 0.717) is 30.4 Å². The number of hydrogen-bond donors (Lipinski definition) is 1. The largest absolute Gasteiger partial charge is 0.467 e. The monoisotopic (exact) mass is 564 g/mol. The Morgan fingerprint density at radius 3 is 2.31 bits per heavy atom. The Morgan fingerprint density at radius 2 is 1.77 bits per heavy atom. The van der Waals surface area contributed by atoms with E-state index in [2.05, 4.69) is 20.6 Å². The van der Waals surface area contributed by atoms with E-state index in [1.165, 1.54) is 9.34 Å². The summed E-state index contributed by atoms with van der Waals surface area (Å²) < 4.78 is 45.5. The lowest BCUT2D eigenvalue weighted by molar-refractivity contribution is 0.0216. The normalized spacial score (nSPS) is 12.0. The van der Waals surface area contributed by atoms with Crippen molar-refractivity contribution < 1.29 is 32.4 Å². The van der Waals surface area contributed by atoms with Crippen LogP contribution in [0.5, 0.6) is 11.5 Å². The summed E-state index contributed by atoms with van der Waals surface area (Å²) in [6, 6.07) is 3.44. The molecule has 2 aromatic heterocycles. The summed E-state index contributed by atoms with van der Waals surface area (Å²) in [7, 11) is 3.09. The first-order valence-electron chi connectivity index (χ1n) is 12.6. The van der Waals surface area contributed by atoms with Crippen LogP contribution in [0, 0.1) is 6.92 Å². The van der Waals surface area contributed by atoms with Crippen LogP contribution in [0.25, 0.3) is 22.7 Å². The number of benzene rings is 1. The molecule has 1 amide bonds. The predicted molar refractivity (Wildman–Crippen MR) is 145 cm³/mol. The van der Waals surface area contributed by atoms with E-state index in [-0.39, 0.29) is 41.3 Å².